The normalized spacial score (nSPS) is 41.4. The quantitative estimate of drug-likeness (QED) is 0.265. The lowest BCUT2D eigenvalue weighted by molar-refractivity contribution is -0.370. The Morgan fingerprint density at radius 3 is 2.34 bits per heavy atom. The van der Waals surface area contributed by atoms with Crippen LogP contribution in [0.1, 0.15) is 60.8 Å². The fraction of sp³-hybridized carbons (Fsp3) is 0.769. The summed E-state index contributed by atoms with van der Waals surface area (Å²) in [5.74, 6) is -3.60. The molecule has 3 fully saturated rings. The van der Waals surface area contributed by atoms with E-state index in [-0.39, 0.29) is 31.8 Å². The van der Waals surface area contributed by atoms with Crippen LogP contribution in [0.5, 0.6) is 0 Å². The predicted octanol–water partition coefficient (Wildman–Crippen LogP) is 0.568. The zero-order valence-corrected chi connectivity index (χ0v) is 23.7. The molecule has 2 aliphatic carbocycles. The number of halogens is 1. The molecule has 12 heteroatoms. The van der Waals surface area contributed by atoms with Gasteiger partial charge < -0.3 is 35.5 Å². The number of aliphatic hydroxyl groups excluding tert-OH is 1. The van der Waals surface area contributed by atoms with Crippen LogP contribution < -0.4 is 11.1 Å². The van der Waals surface area contributed by atoms with Crippen LogP contribution in [0.4, 0.5) is 0 Å². The highest BCUT2D eigenvalue weighted by molar-refractivity contribution is 5.92. The Hall–Kier alpha value is -2.05. The molecule has 3 aliphatic rings. The summed E-state index contributed by atoms with van der Waals surface area (Å²) in [4.78, 5) is 50.9. The maximum atomic E-state index is 13.9. The molecule has 0 aromatic rings. The third-order valence-corrected chi connectivity index (χ3v) is 8.88. The van der Waals surface area contributed by atoms with E-state index in [1.807, 2.05) is 13.8 Å². The third-order valence-electron chi connectivity index (χ3n) is 8.88. The van der Waals surface area contributed by atoms with E-state index in [1.54, 1.807) is 13.8 Å². The number of carbonyl (C=O) groups is 4. The molecule has 5 N–H and O–H groups in total. The van der Waals surface area contributed by atoms with Crippen molar-refractivity contribution in [1.82, 2.24) is 5.32 Å². The van der Waals surface area contributed by atoms with Gasteiger partial charge in [0.15, 0.2) is 17.5 Å². The number of hydrogen-bond acceptors (Lipinski definition) is 10. The summed E-state index contributed by atoms with van der Waals surface area (Å²) in [6.07, 6.45) is -1.89. The summed E-state index contributed by atoms with van der Waals surface area (Å²) in [6, 6.07) is 0. The van der Waals surface area contributed by atoms with Crippen LogP contribution >= 0.6 is 12.4 Å². The number of carbonyl (C=O) groups excluding carboxylic acids is 4. The molecular weight excluding hydrogens is 520 g/mol. The molecule has 1 amide bonds. The summed E-state index contributed by atoms with van der Waals surface area (Å²) in [5, 5.41) is 26.3. The first-order chi connectivity index (χ1) is 16.9. The molecule has 216 valence electrons. The molecule has 1 heterocycles. The van der Waals surface area contributed by atoms with Crippen molar-refractivity contribution in [1.29, 1.82) is 0 Å². The van der Waals surface area contributed by atoms with E-state index >= 15 is 0 Å². The van der Waals surface area contributed by atoms with Crippen LogP contribution in [-0.4, -0.2) is 82.0 Å². The Morgan fingerprint density at radius 2 is 1.82 bits per heavy atom. The molecule has 1 saturated heterocycles. The Bertz CT molecular complexity index is 1010. The van der Waals surface area contributed by atoms with E-state index in [1.165, 1.54) is 13.0 Å². The molecule has 8 atom stereocenters. The van der Waals surface area contributed by atoms with Crippen molar-refractivity contribution in [2.75, 3.05) is 13.1 Å². The van der Waals surface area contributed by atoms with E-state index in [9.17, 15) is 29.4 Å². The van der Waals surface area contributed by atoms with Gasteiger partial charge in [-0.15, -0.1) is 19.0 Å². The lowest BCUT2D eigenvalue weighted by Crippen LogP contribution is -2.87. The summed E-state index contributed by atoms with van der Waals surface area (Å²) in [5.41, 5.74) is -2.45. The van der Waals surface area contributed by atoms with Gasteiger partial charge in [0.05, 0.1) is 18.2 Å². The Balaban J connectivity index is 0.00000507. The van der Waals surface area contributed by atoms with Gasteiger partial charge in [0, 0.05) is 24.7 Å². The van der Waals surface area contributed by atoms with Gasteiger partial charge in [0.25, 0.3) is 0 Å². The number of Topliss-reactive ketones (excluding diaryl/α,β-unsaturated/α-hetero) is 1. The topological polar surface area (TPSA) is 174 Å². The van der Waals surface area contributed by atoms with Crippen LogP contribution in [-0.2, 0) is 33.4 Å². The first-order valence-electron chi connectivity index (χ1n) is 12.5. The molecule has 3 rings (SSSR count). The monoisotopic (exact) mass is 560 g/mol. The third kappa shape index (κ3) is 4.66. The molecule has 38 heavy (non-hydrogen) atoms. The number of rotatable bonds is 6. The van der Waals surface area contributed by atoms with Gasteiger partial charge in [-0.05, 0) is 32.1 Å². The second kappa shape index (κ2) is 10.5. The van der Waals surface area contributed by atoms with Gasteiger partial charge in [0.1, 0.15) is 18.2 Å². The largest absolute Gasteiger partial charge is 0.457 e. The fourth-order valence-corrected chi connectivity index (χ4v) is 7.18. The van der Waals surface area contributed by atoms with Gasteiger partial charge in [-0.25, -0.2) is 0 Å². The SMILES string of the molecule is C=C[C@@]1(C)CC(=O)[C@]2(O)[C@@]3(C)[C@@H](O)CCC(C)(C)[C@@H]3[C@H](OC(=O)CNC(=O)CN)[C@H](OC(C)=O)[C@@]2(C)O1.Cl. The molecule has 0 bridgehead atoms. The lowest BCUT2D eigenvalue weighted by Gasteiger charge is -2.71. The summed E-state index contributed by atoms with van der Waals surface area (Å²) in [6.45, 7) is 12.5. The van der Waals surface area contributed by atoms with Crippen LogP contribution in [0.3, 0.4) is 0 Å². The maximum Gasteiger partial charge on any atom is 0.325 e. The number of nitrogens with two attached hydrogens (primary N) is 1. The van der Waals surface area contributed by atoms with E-state index in [2.05, 4.69) is 11.9 Å². The Labute approximate surface area is 229 Å². The average molecular weight is 561 g/mol. The van der Waals surface area contributed by atoms with E-state index in [4.69, 9.17) is 19.9 Å². The highest BCUT2D eigenvalue weighted by atomic mass is 35.5. The molecule has 11 nitrogen and oxygen atoms in total. The highest BCUT2D eigenvalue weighted by Gasteiger charge is 2.82. The molecule has 0 radical (unpaired) electrons. The first-order valence-corrected chi connectivity index (χ1v) is 12.5. The fourth-order valence-electron chi connectivity index (χ4n) is 7.18. The van der Waals surface area contributed by atoms with E-state index in [0.29, 0.717) is 6.42 Å². The summed E-state index contributed by atoms with van der Waals surface area (Å²) in [7, 11) is 0. The standard InChI is InChI=1S/C26H40N2O9.ClH/c1-8-23(5)11-16(31)26(34)24(6)15(30)9-10-22(3,4)20(24)19(36-18(33)13-28-17(32)12-27)21(35-14(2)29)25(26,7)37-23;/h8,15,19-21,30,34H,1,9-13,27H2,2-7H3,(H,28,32);1H/t15-,19-,20-,21-,23-,24-,25+,26-;/m0./s1. The minimum atomic E-state index is -2.32. The maximum absolute atomic E-state index is 13.9. The first kappa shape index (κ1) is 32.2. The number of esters is 2. The van der Waals surface area contributed by atoms with E-state index < -0.39 is 82.0 Å². The number of ketones is 1. The van der Waals surface area contributed by atoms with Gasteiger partial charge in [0.2, 0.25) is 5.91 Å². The highest BCUT2D eigenvalue weighted by Crippen LogP contribution is 2.67. The van der Waals surface area contributed by atoms with Crippen molar-refractivity contribution in [3.63, 3.8) is 0 Å². The number of fused-ring (bicyclic) bond motifs is 3. The van der Waals surface area contributed by atoms with Crippen molar-refractivity contribution in [2.45, 2.75) is 95.9 Å². The van der Waals surface area contributed by atoms with Gasteiger partial charge in [-0.2, -0.15) is 0 Å². The minimum absolute atomic E-state index is 0. The second-order valence-corrected chi connectivity index (χ2v) is 11.8. The molecule has 0 aromatic carbocycles. The summed E-state index contributed by atoms with van der Waals surface area (Å²) >= 11 is 0. The van der Waals surface area contributed by atoms with Gasteiger partial charge in [-0.1, -0.05) is 26.8 Å². The molecular formula is C26H41ClN2O9. The van der Waals surface area contributed by atoms with Crippen molar-refractivity contribution >= 4 is 36.0 Å². The number of ether oxygens (including phenoxy) is 3. The average Bonchev–Trinajstić information content (AvgIpc) is 2.80. The van der Waals surface area contributed by atoms with Crippen LogP contribution in [0.15, 0.2) is 12.7 Å². The van der Waals surface area contributed by atoms with E-state index in [0.717, 1.165) is 6.92 Å². The van der Waals surface area contributed by atoms with Crippen molar-refractivity contribution in [3.8, 4) is 0 Å². The summed E-state index contributed by atoms with van der Waals surface area (Å²) < 4.78 is 18.0. The lowest BCUT2D eigenvalue weighted by atomic mass is 9.39. The Kier molecular flexibility index (Phi) is 8.88. The Morgan fingerprint density at radius 1 is 1.21 bits per heavy atom. The number of aliphatic hydroxyl groups is 2. The van der Waals surface area contributed by atoms with Gasteiger partial charge >= 0.3 is 11.9 Å². The second-order valence-electron chi connectivity index (χ2n) is 11.8. The number of amides is 1. The smallest absolute Gasteiger partial charge is 0.325 e. The van der Waals surface area contributed by atoms with Crippen molar-refractivity contribution < 1.29 is 43.6 Å². The molecule has 2 saturated carbocycles. The molecule has 1 aliphatic heterocycles. The number of hydrogen-bond donors (Lipinski definition) is 4. The van der Waals surface area contributed by atoms with Crippen molar-refractivity contribution in [3.05, 3.63) is 12.7 Å². The molecule has 0 unspecified atom stereocenters. The zero-order valence-electron chi connectivity index (χ0n) is 22.9. The number of nitrogens with one attached hydrogen (secondary N) is 1. The van der Waals surface area contributed by atoms with Crippen LogP contribution in [0.2, 0.25) is 0 Å². The van der Waals surface area contributed by atoms with Gasteiger partial charge in [-0.3, -0.25) is 19.2 Å². The molecule has 0 aromatic heterocycles. The molecule has 0 spiro atoms. The van der Waals surface area contributed by atoms with Crippen LogP contribution in [0, 0.1) is 16.7 Å². The van der Waals surface area contributed by atoms with Crippen LogP contribution in [0.25, 0.3) is 0 Å². The zero-order chi connectivity index (χ0) is 28.2. The predicted molar refractivity (Wildman–Crippen MR) is 138 cm³/mol. The minimum Gasteiger partial charge on any atom is -0.457 e. The van der Waals surface area contributed by atoms with Crippen molar-refractivity contribution in [2.24, 2.45) is 22.5 Å².